The minimum absolute atomic E-state index is 0.143. The molecule has 1 atom stereocenters. The molecule has 0 radical (unpaired) electrons. The summed E-state index contributed by atoms with van der Waals surface area (Å²) in [5, 5.41) is 0. The zero-order valence-electron chi connectivity index (χ0n) is 12.5. The number of ether oxygens (including phenoxy) is 1. The topological polar surface area (TPSA) is 55.6 Å². The van der Waals surface area contributed by atoms with Crippen molar-refractivity contribution in [1.29, 1.82) is 0 Å². The van der Waals surface area contributed by atoms with Crippen LogP contribution in [-0.2, 0) is 9.53 Å². The molecule has 0 spiro atoms. The molecule has 1 amide bonds. The molecule has 0 bridgehead atoms. The molecule has 1 aliphatic rings. The Kier molecular flexibility index (Phi) is 4.78. The van der Waals surface area contributed by atoms with Crippen LogP contribution in [0.4, 0.5) is 0 Å². The van der Waals surface area contributed by atoms with Gasteiger partial charge in [-0.2, -0.15) is 0 Å². The number of carbonyl (C=O) groups excluding carboxylic acids is 1. The normalized spacial score (nSPS) is 21.1. The van der Waals surface area contributed by atoms with Crippen molar-refractivity contribution in [3.05, 3.63) is 0 Å². The summed E-state index contributed by atoms with van der Waals surface area (Å²) >= 11 is 0. The van der Waals surface area contributed by atoms with Crippen LogP contribution in [0.15, 0.2) is 0 Å². The molecule has 1 saturated heterocycles. The number of rotatable bonds is 5. The highest BCUT2D eigenvalue weighted by atomic mass is 16.5. The maximum atomic E-state index is 12.6. The van der Waals surface area contributed by atoms with Gasteiger partial charge in [0.25, 0.3) is 0 Å². The Morgan fingerprint density at radius 3 is 2.39 bits per heavy atom. The first kappa shape index (κ1) is 15.4. The lowest BCUT2D eigenvalue weighted by Gasteiger charge is -2.41. The van der Waals surface area contributed by atoms with E-state index in [0.717, 1.165) is 32.7 Å². The molecule has 4 heteroatoms. The molecule has 1 aliphatic heterocycles. The first-order valence-electron chi connectivity index (χ1n) is 6.86. The third-order valence-electron chi connectivity index (χ3n) is 4.32. The molecule has 0 aliphatic carbocycles. The van der Waals surface area contributed by atoms with Crippen LogP contribution >= 0.6 is 0 Å². The largest absolute Gasteiger partial charge is 0.381 e. The van der Waals surface area contributed by atoms with Crippen molar-refractivity contribution < 1.29 is 9.53 Å². The Labute approximate surface area is 111 Å². The summed E-state index contributed by atoms with van der Waals surface area (Å²) in [6.07, 6.45) is 1.05. The molecular formula is C14H28N2O2. The van der Waals surface area contributed by atoms with Crippen LogP contribution in [0.25, 0.3) is 0 Å². The number of nitrogens with zero attached hydrogens (tertiary/aromatic N) is 1. The molecule has 1 heterocycles. The predicted octanol–water partition coefficient (Wildman–Crippen LogP) is 1.63. The number of carbonyl (C=O) groups is 1. The predicted molar refractivity (Wildman–Crippen MR) is 73.2 cm³/mol. The molecule has 0 aromatic carbocycles. The van der Waals surface area contributed by atoms with E-state index in [0.29, 0.717) is 5.92 Å². The zero-order chi connectivity index (χ0) is 14.0. The molecule has 0 aromatic heterocycles. The maximum Gasteiger partial charge on any atom is 0.230 e. The Balaban J connectivity index is 2.72. The number of amides is 1. The molecule has 0 aromatic rings. The van der Waals surface area contributed by atoms with Gasteiger partial charge >= 0.3 is 0 Å². The first-order chi connectivity index (χ1) is 8.20. The zero-order valence-corrected chi connectivity index (χ0v) is 12.5. The Morgan fingerprint density at radius 2 is 2.00 bits per heavy atom. The van der Waals surface area contributed by atoms with Crippen LogP contribution in [-0.4, -0.2) is 42.6 Å². The number of hydrogen-bond acceptors (Lipinski definition) is 3. The van der Waals surface area contributed by atoms with Gasteiger partial charge in [-0.3, -0.25) is 4.79 Å². The van der Waals surface area contributed by atoms with Crippen molar-refractivity contribution in [2.75, 3.05) is 26.3 Å². The third kappa shape index (κ3) is 3.23. The summed E-state index contributed by atoms with van der Waals surface area (Å²) in [6, 6.07) is 0. The lowest BCUT2D eigenvalue weighted by Crippen LogP contribution is -2.57. The maximum absolute atomic E-state index is 12.6. The van der Waals surface area contributed by atoms with E-state index in [1.807, 2.05) is 39.5 Å². The van der Waals surface area contributed by atoms with Gasteiger partial charge in [0.1, 0.15) is 0 Å². The molecule has 0 saturated carbocycles. The standard InChI is InChI=1S/C14H28N2O2/c1-6-16(9-11-7-8-18-10-11)12(17)13(2,3)14(4,5)15/h11H,6-10,15H2,1-5H3. The van der Waals surface area contributed by atoms with E-state index in [1.54, 1.807) is 0 Å². The van der Waals surface area contributed by atoms with Gasteiger partial charge in [-0.15, -0.1) is 0 Å². The Bertz CT molecular complexity index is 289. The lowest BCUT2D eigenvalue weighted by atomic mass is 9.74. The van der Waals surface area contributed by atoms with Gasteiger partial charge in [0.15, 0.2) is 0 Å². The van der Waals surface area contributed by atoms with Gasteiger partial charge in [-0.25, -0.2) is 0 Å². The fraction of sp³-hybridized carbons (Fsp3) is 0.929. The fourth-order valence-corrected chi connectivity index (χ4v) is 2.07. The van der Waals surface area contributed by atoms with E-state index < -0.39 is 11.0 Å². The van der Waals surface area contributed by atoms with Crippen LogP contribution in [0.5, 0.6) is 0 Å². The van der Waals surface area contributed by atoms with E-state index in [-0.39, 0.29) is 5.91 Å². The SMILES string of the molecule is CCN(CC1CCOC1)C(=O)C(C)(C)C(C)(C)N. The van der Waals surface area contributed by atoms with Crippen molar-refractivity contribution in [3.8, 4) is 0 Å². The van der Waals surface area contributed by atoms with Crippen molar-refractivity contribution in [3.63, 3.8) is 0 Å². The number of hydrogen-bond donors (Lipinski definition) is 1. The Hall–Kier alpha value is -0.610. The van der Waals surface area contributed by atoms with Crippen LogP contribution in [0.3, 0.4) is 0 Å². The third-order valence-corrected chi connectivity index (χ3v) is 4.32. The van der Waals surface area contributed by atoms with Crippen molar-refractivity contribution in [2.45, 2.75) is 46.6 Å². The molecular weight excluding hydrogens is 228 g/mol. The highest BCUT2D eigenvalue weighted by molar-refractivity contribution is 5.83. The number of nitrogens with two attached hydrogens (primary N) is 1. The van der Waals surface area contributed by atoms with E-state index in [2.05, 4.69) is 0 Å². The molecule has 2 N–H and O–H groups in total. The van der Waals surface area contributed by atoms with Crippen molar-refractivity contribution in [1.82, 2.24) is 4.90 Å². The van der Waals surface area contributed by atoms with Gasteiger partial charge < -0.3 is 15.4 Å². The highest BCUT2D eigenvalue weighted by Crippen LogP contribution is 2.31. The molecule has 18 heavy (non-hydrogen) atoms. The molecule has 1 rings (SSSR count). The smallest absolute Gasteiger partial charge is 0.230 e. The summed E-state index contributed by atoms with van der Waals surface area (Å²) in [5.41, 5.74) is 5.07. The summed E-state index contributed by atoms with van der Waals surface area (Å²) in [6.45, 7) is 12.8. The van der Waals surface area contributed by atoms with Gasteiger partial charge in [-0.05, 0) is 41.0 Å². The van der Waals surface area contributed by atoms with E-state index >= 15 is 0 Å². The summed E-state index contributed by atoms with van der Waals surface area (Å²) in [7, 11) is 0. The van der Waals surface area contributed by atoms with Crippen LogP contribution in [0, 0.1) is 11.3 Å². The highest BCUT2D eigenvalue weighted by Gasteiger charge is 2.42. The summed E-state index contributed by atoms with van der Waals surface area (Å²) in [4.78, 5) is 14.6. The molecule has 4 nitrogen and oxygen atoms in total. The monoisotopic (exact) mass is 256 g/mol. The second kappa shape index (κ2) is 5.57. The van der Waals surface area contributed by atoms with Crippen molar-refractivity contribution in [2.24, 2.45) is 17.1 Å². The average molecular weight is 256 g/mol. The minimum Gasteiger partial charge on any atom is -0.381 e. The Morgan fingerprint density at radius 1 is 1.39 bits per heavy atom. The van der Waals surface area contributed by atoms with Gasteiger partial charge in [0, 0.05) is 31.2 Å². The fourth-order valence-electron chi connectivity index (χ4n) is 2.07. The van der Waals surface area contributed by atoms with Crippen LogP contribution < -0.4 is 5.73 Å². The molecule has 1 fully saturated rings. The van der Waals surface area contributed by atoms with Crippen LogP contribution in [0.1, 0.15) is 41.0 Å². The van der Waals surface area contributed by atoms with Gasteiger partial charge in [0.05, 0.1) is 12.0 Å². The minimum atomic E-state index is -0.553. The lowest BCUT2D eigenvalue weighted by molar-refractivity contribution is -0.144. The second-order valence-corrected chi connectivity index (χ2v) is 6.42. The van der Waals surface area contributed by atoms with Crippen LogP contribution in [0.2, 0.25) is 0 Å². The van der Waals surface area contributed by atoms with E-state index in [1.165, 1.54) is 0 Å². The molecule has 1 unspecified atom stereocenters. The quantitative estimate of drug-likeness (QED) is 0.813. The van der Waals surface area contributed by atoms with Crippen molar-refractivity contribution >= 4 is 5.91 Å². The summed E-state index contributed by atoms with van der Waals surface area (Å²) in [5.74, 6) is 0.620. The van der Waals surface area contributed by atoms with Gasteiger partial charge in [0.2, 0.25) is 5.91 Å². The van der Waals surface area contributed by atoms with E-state index in [9.17, 15) is 4.79 Å². The molecule has 106 valence electrons. The second-order valence-electron chi connectivity index (χ2n) is 6.42. The average Bonchev–Trinajstić information content (AvgIpc) is 2.75. The summed E-state index contributed by atoms with van der Waals surface area (Å²) < 4.78 is 5.37. The first-order valence-corrected chi connectivity index (χ1v) is 6.86. The van der Waals surface area contributed by atoms with Gasteiger partial charge in [-0.1, -0.05) is 0 Å². The van der Waals surface area contributed by atoms with E-state index in [4.69, 9.17) is 10.5 Å².